The minimum atomic E-state index is -0.219. The van der Waals surface area contributed by atoms with E-state index in [4.69, 9.17) is 0 Å². The number of aromatic hydroxyl groups is 1. The van der Waals surface area contributed by atoms with E-state index in [0.29, 0.717) is 29.0 Å². The van der Waals surface area contributed by atoms with Crippen LogP contribution in [0.5, 0.6) is 5.88 Å². The first-order chi connectivity index (χ1) is 8.40. The van der Waals surface area contributed by atoms with Crippen LogP contribution in [0.3, 0.4) is 0 Å². The van der Waals surface area contributed by atoms with Crippen LogP contribution >= 0.6 is 11.8 Å². The molecule has 0 aliphatic heterocycles. The van der Waals surface area contributed by atoms with Crippen molar-refractivity contribution in [2.75, 3.05) is 5.75 Å². The molecule has 0 radical (unpaired) electrons. The fraction of sp³-hybridized carbons (Fsp3) is 0.692. The third-order valence-electron chi connectivity index (χ3n) is 2.52. The van der Waals surface area contributed by atoms with Gasteiger partial charge >= 0.3 is 0 Å². The fourth-order valence-corrected chi connectivity index (χ4v) is 2.62. The van der Waals surface area contributed by atoms with Crippen molar-refractivity contribution < 1.29 is 5.11 Å². The average molecular weight is 270 g/mol. The van der Waals surface area contributed by atoms with E-state index < -0.39 is 0 Å². The molecule has 1 rings (SSSR count). The molecule has 0 bridgehead atoms. The summed E-state index contributed by atoms with van der Waals surface area (Å²) < 4.78 is 0. The van der Waals surface area contributed by atoms with Crippen LogP contribution < -0.4 is 5.56 Å². The number of aromatic nitrogens is 2. The van der Waals surface area contributed by atoms with Gasteiger partial charge in [-0.2, -0.15) is 4.98 Å². The minimum absolute atomic E-state index is 0.125. The molecule has 0 amide bonds. The highest BCUT2D eigenvalue weighted by Crippen LogP contribution is 2.20. The third-order valence-corrected chi connectivity index (χ3v) is 3.42. The Bertz CT molecular complexity index is 441. The zero-order valence-electron chi connectivity index (χ0n) is 11.5. The normalized spacial score (nSPS) is 11.4. The number of hydrogen-bond acceptors (Lipinski definition) is 4. The van der Waals surface area contributed by atoms with Crippen molar-refractivity contribution in [2.45, 2.75) is 45.7 Å². The molecule has 18 heavy (non-hydrogen) atoms. The Balaban J connectivity index is 2.76. The molecule has 0 saturated carbocycles. The van der Waals surface area contributed by atoms with Gasteiger partial charge in [-0.15, -0.1) is 0 Å². The van der Waals surface area contributed by atoms with Crippen molar-refractivity contribution in [3.63, 3.8) is 0 Å². The molecule has 1 aromatic rings. The smallest absolute Gasteiger partial charge is 0.258 e. The van der Waals surface area contributed by atoms with Gasteiger partial charge in [0.15, 0.2) is 5.16 Å². The van der Waals surface area contributed by atoms with Crippen LogP contribution in [0, 0.1) is 11.8 Å². The average Bonchev–Trinajstić information content (AvgIpc) is 2.22. The van der Waals surface area contributed by atoms with E-state index >= 15 is 0 Å². The van der Waals surface area contributed by atoms with Crippen LogP contribution in [-0.4, -0.2) is 20.8 Å². The van der Waals surface area contributed by atoms with E-state index in [2.05, 4.69) is 23.8 Å². The number of thioether (sulfide) groups is 1. The second kappa shape index (κ2) is 6.83. The summed E-state index contributed by atoms with van der Waals surface area (Å²) in [6.07, 6.45) is 1.61. The summed E-state index contributed by atoms with van der Waals surface area (Å²) >= 11 is 1.48. The molecular formula is C13H22N2O2S. The molecule has 5 heteroatoms. The topological polar surface area (TPSA) is 66.0 Å². The first-order valence-corrected chi connectivity index (χ1v) is 7.33. The van der Waals surface area contributed by atoms with Crippen molar-refractivity contribution in [1.82, 2.24) is 9.97 Å². The van der Waals surface area contributed by atoms with E-state index in [1.54, 1.807) is 0 Å². The maximum absolute atomic E-state index is 11.8. The Labute approximate surface area is 112 Å². The first-order valence-electron chi connectivity index (χ1n) is 6.35. The Hall–Kier alpha value is -0.970. The van der Waals surface area contributed by atoms with Crippen LogP contribution in [0.15, 0.2) is 9.95 Å². The number of nitrogens with one attached hydrogen (secondary N) is 1. The lowest BCUT2D eigenvalue weighted by molar-refractivity contribution is 0.430. The van der Waals surface area contributed by atoms with Gasteiger partial charge in [-0.25, -0.2) is 0 Å². The van der Waals surface area contributed by atoms with Crippen LogP contribution in [0.1, 0.15) is 39.7 Å². The van der Waals surface area contributed by atoms with Crippen molar-refractivity contribution in [2.24, 2.45) is 11.8 Å². The highest BCUT2D eigenvalue weighted by molar-refractivity contribution is 7.99. The number of aromatic amines is 1. The molecule has 0 aliphatic rings. The monoisotopic (exact) mass is 270 g/mol. The van der Waals surface area contributed by atoms with Crippen LogP contribution in [0.25, 0.3) is 0 Å². The second-order valence-electron chi connectivity index (χ2n) is 5.30. The zero-order valence-corrected chi connectivity index (χ0v) is 12.3. The first kappa shape index (κ1) is 15.1. The molecule has 0 spiro atoms. The molecule has 4 nitrogen and oxygen atoms in total. The molecule has 0 atom stereocenters. The quantitative estimate of drug-likeness (QED) is 0.616. The maximum Gasteiger partial charge on any atom is 0.258 e. The van der Waals surface area contributed by atoms with Gasteiger partial charge in [0.25, 0.3) is 5.56 Å². The Morgan fingerprint density at radius 2 is 1.94 bits per heavy atom. The lowest BCUT2D eigenvalue weighted by atomic mass is 10.1. The lowest BCUT2D eigenvalue weighted by Gasteiger charge is -2.08. The predicted molar refractivity (Wildman–Crippen MR) is 75.2 cm³/mol. The highest BCUT2D eigenvalue weighted by atomic mass is 32.2. The van der Waals surface area contributed by atoms with Gasteiger partial charge in [0, 0.05) is 5.75 Å². The van der Waals surface area contributed by atoms with Gasteiger partial charge in [0.05, 0.1) is 5.56 Å². The van der Waals surface area contributed by atoms with Crippen LogP contribution in [-0.2, 0) is 6.42 Å². The van der Waals surface area contributed by atoms with Crippen molar-refractivity contribution in [1.29, 1.82) is 0 Å². The molecule has 0 aliphatic carbocycles. The van der Waals surface area contributed by atoms with Gasteiger partial charge in [-0.1, -0.05) is 39.5 Å². The molecule has 102 valence electrons. The molecule has 2 N–H and O–H groups in total. The van der Waals surface area contributed by atoms with Gasteiger partial charge in [0.2, 0.25) is 5.88 Å². The number of nitrogens with zero attached hydrogens (tertiary/aromatic N) is 1. The Morgan fingerprint density at radius 3 is 2.44 bits per heavy atom. The fourth-order valence-electron chi connectivity index (χ4n) is 1.52. The summed E-state index contributed by atoms with van der Waals surface area (Å²) in [5, 5.41) is 10.3. The molecule has 0 fully saturated rings. The summed E-state index contributed by atoms with van der Waals surface area (Å²) in [7, 11) is 0. The molecule has 0 saturated heterocycles. The third kappa shape index (κ3) is 4.72. The van der Waals surface area contributed by atoms with E-state index in [1.807, 2.05) is 13.8 Å². The van der Waals surface area contributed by atoms with Crippen LogP contribution in [0.4, 0.5) is 0 Å². The standard InChI is InChI=1S/C13H22N2O2S/c1-8(2)5-6-18-13-14-11(16)10(7-9(3)4)12(17)15-13/h8-9H,5-7H2,1-4H3,(H2,14,15,16,17). The number of hydrogen-bond donors (Lipinski definition) is 2. The second-order valence-corrected chi connectivity index (χ2v) is 6.39. The number of rotatable bonds is 6. The SMILES string of the molecule is CC(C)CCSc1nc(O)c(CC(C)C)c(=O)[nH]1. The van der Waals surface area contributed by atoms with Crippen molar-refractivity contribution in [3.8, 4) is 5.88 Å². The summed E-state index contributed by atoms with van der Waals surface area (Å²) in [5.41, 5.74) is 0.168. The van der Waals surface area contributed by atoms with E-state index in [0.717, 1.165) is 12.2 Å². The van der Waals surface area contributed by atoms with Gasteiger partial charge in [0.1, 0.15) is 0 Å². The van der Waals surface area contributed by atoms with E-state index in [9.17, 15) is 9.90 Å². The van der Waals surface area contributed by atoms with E-state index in [-0.39, 0.29) is 11.4 Å². The van der Waals surface area contributed by atoms with Gasteiger partial charge in [-0.05, 0) is 24.7 Å². The largest absolute Gasteiger partial charge is 0.493 e. The molecule has 1 aromatic heterocycles. The predicted octanol–water partition coefficient (Wildman–Crippen LogP) is 2.81. The Kier molecular flexibility index (Phi) is 5.72. The molecule has 1 heterocycles. The summed E-state index contributed by atoms with van der Waals surface area (Å²) in [6.45, 7) is 8.31. The highest BCUT2D eigenvalue weighted by Gasteiger charge is 2.12. The van der Waals surface area contributed by atoms with E-state index in [1.165, 1.54) is 11.8 Å². The molecular weight excluding hydrogens is 248 g/mol. The summed E-state index contributed by atoms with van der Waals surface area (Å²) in [4.78, 5) is 18.6. The molecule has 0 unspecified atom stereocenters. The van der Waals surface area contributed by atoms with Crippen LogP contribution in [0.2, 0.25) is 0 Å². The van der Waals surface area contributed by atoms with Gasteiger partial charge < -0.3 is 10.1 Å². The Morgan fingerprint density at radius 1 is 1.28 bits per heavy atom. The van der Waals surface area contributed by atoms with Crippen molar-refractivity contribution in [3.05, 3.63) is 15.9 Å². The maximum atomic E-state index is 11.8. The zero-order chi connectivity index (χ0) is 13.7. The minimum Gasteiger partial charge on any atom is -0.493 e. The summed E-state index contributed by atoms with van der Waals surface area (Å²) in [6, 6.07) is 0. The number of H-pyrrole nitrogens is 1. The summed E-state index contributed by atoms with van der Waals surface area (Å²) in [5.74, 6) is 1.71. The molecule has 0 aromatic carbocycles. The van der Waals surface area contributed by atoms with Crippen molar-refractivity contribution >= 4 is 11.8 Å². The lowest BCUT2D eigenvalue weighted by Crippen LogP contribution is -2.17. The van der Waals surface area contributed by atoms with Gasteiger partial charge in [-0.3, -0.25) is 4.79 Å².